The minimum Gasteiger partial charge on any atom is -0.480 e. The Balaban J connectivity index is 1.55. The molecule has 0 spiro atoms. The zero-order valence-electron chi connectivity index (χ0n) is 17.0. The number of carboxylic acid groups (broad SMARTS) is 1. The number of carboxylic acids is 1. The van der Waals surface area contributed by atoms with Crippen molar-refractivity contribution in [3.63, 3.8) is 0 Å². The molecule has 30 heavy (non-hydrogen) atoms. The van der Waals surface area contributed by atoms with E-state index < -0.39 is 12.0 Å². The van der Waals surface area contributed by atoms with E-state index in [4.69, 9.17) is 0 Å². The molecule has 0 saturated carbocycles. The van der Waals surface area contributed by atoms with Gasteiger partial charge in [0, 0.05) is 37.5 Å². The largest absolute Gasteiger partial charge is 0.480 e. The lowest BCUT2D eigenvalue weighted by Crippen LogP contribution is -2.64. The van der Waals surface area contributed by atoms with Gasteiger partial charge >= 0.3 is 5.97 Å². The van der Waals surface area contributed by atoms with Gasteiger partial charge in [0.1, 0.15) is 11.9 Å². The number of amides is 2. The van der Waals surface area contributed by atoms with Crippen molar-refractivity contribution < 1.29 is 19.5 Å². The molecule has 2 fully saturated rings. The van der Waals surface area contributed by atoms with Crippen molar-refractivity contribution >= 4 is 34.4 Å². The number of hydrogen-bond acceptors (Lipinski definition) is 5. The fourth-order valence-corrected chi connectivity index (χ4v) is 4.60. The van der Waals surface area contributed by atoms with Gasteiger partial charge in [0.2, 0.25) is 11.8 Å². The quantitative estimate of drug-likeness (QED) is 0.803. The third-order valence-electron chi connectivity index (χ3n) is 6.10. The monoisotopic (exact) mass is 410 g/mol. The number of nitrogens with one attached hydrogen (secondary N) is 1. The molecule has 2 aliphatic rings. The van der Waals surface area contributed by atoms with E-state index in [1.54, 1.807) is 11.1 Å². The van der Waals surface area contributed by atoms with E-state index in [-0.39, 0.29) is 36.9 Å². The lowest BCUT2D eigenvalue weighted by molar-refractivity contribution is -0.160. The van der Waals surface area contributed by atoms with E-state index >= 15 is 0 Å². The second kappa shape index (κ2) is 8.30. The van der Waals surface area contributed by atoms with Crippen LogP contribution in [0.2, 0.25) is 0 Å². The fraction of sp³-hybridized carbons (Fsp3) is 0.455. The molecule has 2 aromatic rings. The van der Waals surface area contributed by atoms with Gasteiger partial charge in [-0.2, -0.15) is 0 Å². The standard InChI is InChI=1S/C22H26N4O4/c1-14(27)25-12-17-7-4-6-16(11-20(28)26(17)19(13-25)22(29)30)24-21-18-8-3-2-5-15(18)9-10-23-21/h2-3,5,8-10,16-17,19H,4,6-7,11-13H2,1H3,(H,23,24)(H,29,30). The average molecular weight is 410 g/mol. The first kappa shape index (κ1) is 20.1. The van der Waals surface area contributed by atoms with Crippen molar-refractivity contribution in [2.75, 3.05) is 18.4 Å². The van der Waals surface area contributed by atoms with Gasteiger partial charge in [-0.25, -0.2) is 9.78 Å². The Morgan fingerprint density at radius 1 is 1.17 bits per heavy atom. The number of pyridine rings is 1. The molecule has 8 heteroatoms. The lowest BCUT2D eigenvalue weighted by Gasteiger charge is -2.46. The first-order valence-corrected chi connectivity index (χ1v) is 10.3. The summed E-state index contributed by atoms with van der Waals surface area (Å²) in [6.07, 6.45) is 4.21. The number of benzene rings is 1. The normalized spacial score (nSPS) is 24.7. The van der Waals surface area contributed by atoms with Crippen LogP contribution in [0.25, 0.3) is 10.8 Å². The predicted octanol–water partition coefficient (Wildman–Crippen LogP) is 2.10. The number of fused-ring (bicyclic) bond motifs is 2. The topological polar surface area (TPSA) is 103 Å². The third-order valence-corrected chi connectivity index (χ3v) is 6.10. The van der Waals surface area contributed by atoms with Crippen molar-refractivity contribution in [1.82, 2.24) is 14.8 Å². The Morgan fingerprint density at radius 2 is 1.97 bits per heavy atom. The molecule has 158 valence electrons. The van der Waals surface area contributed by atoms with Crippen LogP contribution in [0.4, 0.5) is 5.82 Å². The number of aliphatic carboxylic acids is 1. The molecule has 2 aliphatic heterocycles. The van der Waals surface area contributed by atoms with Gasteiger partial charge in [-0.1, -0.05) is 24.3 Å². The van der Waals surface area contributed by atoms with Crippen LogP contribution in [0, 0.1) is 0 Å². The zero-order chi connectivity index (χ0) is 21.3. The number of anilines is 1. The van der Waals surface area contributed by atoms with E-state index in [1.165, 1.54) is 11.8 Å². The maximum Gasteiger partial charge on any atom is 0.328 e. The maximum atomic E-state index is 13.2. The molecule has 3 heterocycles. The summed E-state index contributed by atoms with van der Waals surface area (Å²) >= 11 is 0. The summed E-state index contributed by atoms with van der Waals surface area (Å²) in [5, 5.41) is 15.2. The van der Waals surface area contributed by atoms with Gasteiger partial charge in [-0.05, 0) is 30.7 Å². The molecule has 0 aliphatic carbocycles. The summed E-state index contributed by atoms with van der Waals surface area (Å²) in [6, 6.07) is 8.49. The summed E-state index contributed by atoms with van der Waals surface area (Å²) < 4.78 is 0. The van der Waals surface area contributed by atoms with Crippen LogP contribution >= 0.6 is 0 Å². The van der Waals surface area contributed by atoms with Crippen LogP contribution < -0.4 is 5.32 Å². The average Bonchev–Trinajstić information content (AvgIpc) is 2.72. The van der Waals surface area contributed by atoms with Crippen LogP contribution in [-0.4, -0.2) is 68.9 Å². The SMILES string of the molecule is CC(=O)N1CC2CCCC(Nc3nccc4ccccc34)CC(=O)N2C(C(=O)O)C1. The number of piperazine rings is 1. The highest BCUT2D eigenvalue weighted by Crippen LogP contribution is 2.28. The number of carbonyl (C=O) groups is 3. The van der Waals surface area contributed by atoms with Gasteiger partial charge < -0.3 is 20.2 Å². The van der Waals surface area contributed by atoms with Gasteiger partial charge in [0.25, 0.3) is 0 Å². The van der Waals surface area contributed by atoms with Gasteiger partial charge in [-0.3, -0.25) is 9.59 Å². The second-order valence-corrected chi connectivity index (χ2v) is 8.09. The van der Waals surface area contributed by atoms with Gasteiger partial charge in [0.15, 0.2) is 0 Å². The van der Waals surface area contributed by atoms with E-state index in [0.29, 0.717) is 13.0 Å². The molecule has 4 rings (SSSR count). The zero-order valence-corrected chi connectivity index (χ0v) is 17.0. The Morgan fingerprint density at radius 3 is 2.73 bits per heavy atom. The number of carbonyl (C=O) groups excluding carboxylic acids is 2. The van der Waals surface area contributed by atoms with Crippen LogP contribution in [-0.2, 0) is 14.4 Å². The summed E-state index contributed by atoms with van der Waals surface area (Å²) in [5.74, 6) is -0.677. The number of aromatic nitrogens is 1. The van der Waals surface area contributed by atoms with Crippen LogP contribution in [0.1, 0.15) is 32.6 Å². The molecular formula is C22H26N4O4. The molecule has 3 atom stereocenters. The number of nitrogens with zero attached hydrogens (tertiary/aromatic N) is 3. The highest BCUT2D eigenvalue weighted by molar-refractivity contribution is 5.92. The van der Waals surface area contributed by atoms with E-state index in [9.17, 15) is 19.5 Å². The van der Waals surface area contributed by atoms with E-state index in [1.807, 2.05) is 30.3 Å². The maximum absolute atomic E-state index is 13.2. The lowest BCUT2D eigenvalue weighted by atomic mass is 9.93. The molecule has 1 aromatic carbocycles. The summed E-state index contributed by atoms with van der Waals surface area (Å²) in [5.41, 5.74) is 0. The Hall–Kier alpha value is -3.16. The van der Waals surface area contributed by atoms with Gasteiger partial charge in [0.05, 0.1) is 12.6 Å². The Labute approximate surface area is 174 Å². The summed E-state index contributed by atoms with van der Waals surface area (Å²) in [4.78, 5) is 44.4. The molecule has 2 amide bonds. The van der Waals surface area contributed by atoms with Crippen molar-refractivity contribution in [3.05, 3.63) is 36.5 Å². The third kappa shape index (κ3) is 3.94. The molecule has 3 unspecified atom stereocenters. The summed E-state index contributed by atoms with van der Waals surface area (Å²) in [7, 11) is 0. The molecule has 2 N–H and O–H groups in total. The number of rotatable bonds is 3. The molecule has 8 nitrogen and oxygen atoms in total. The van der Waals surface area contributed by atoms with Gasteiger partial charge in [-0.15, -0.1) is 0 Å². The Kier molecular flexibility index (Phi) is 5.57. The number of hydrogen-bond donors (Lipinski definition) is 2. The smallest absolute Gasteiger partial charge is 0.328 e. The Bertz CT molecular complexity index is 973. The summed E-state index contributed by atoms with van der Waals surface area (Å²) in [6.45, 7) is 1.88. The van der Waals surface area contributed by atoms with Crippen molar-refractivity contribution in [2.24, 2.45) is 0 Å². The van der Waals surface area contributed by atoms with Crippen LogP contribution in [0.5, 0.6) is 0 Å². The first-order chi connectivity index (χ1) is 14.4. The fourth-order valence-electron chi connectivity index (χ4n) is 4.60. The van der Waals surface area contributed by atoms with Crippen molar-refractivity contribution in [1.29, 1.82) is 0 Å². The predicted molar refractivity (Wildman–Crippen MR) is 112 cm³/mol. The molecular weight excluding hydrogens is 384 g/mol. The molecule has 0 radical (unpaired) electrons. The highest BCUT2D eigenvalue weighted by Gasteiger charge is 2.43. The van der Waals surface area contributed by atoms with Crippen LogP contribution in [0.3, 0.4) is 0 Å². The van der Waals surface area contributed by atoms with Crippen LogP contribution in [0.15, 0.2) is 36.5 Å². The van der Waals surface area contributed by atoms with Crippen molar-refractivity contribution in [2.45, 2.75) is 50.7 Å². The van der Waals surface area contributed by atoms with E-state index in [2.05, 4.69) is 10.3 Å². The van der Waals surface area contributed by atoms with Crippen molar-refractivity contribution in [3.8, 4) is 0 Å². The molecule has 2 saturated heterocycles. The molecule has 0 bridgehead atoms. The first-order valence-electron chi connectivity index (χ1n) is 10.3. The molecule has 1 aromatic heterocycles. The second-order valence-electron chi connectivity index (χ2n) is 8.09. The minimum atomic E-state index is -1.07. The van der Waals surface area contributed by atoms with E-state index in [0.717, 1.165) is 29.4 Å². The highest BCUT2D eigenvalue weighted by atomic mass is 16.4. The minimum absolute atomic E-state index is 0.0376.